The molecular weight excluding hydrogens is 503 g/mol. The third kappa shape index (κ3) is 4.90. The first-order chi connectivity index (χ1) is 17.4. The number of nitrogens with zero attached hydrogens (tertiary/aromatic N) is 3. The number of aromatic nitrogens is 3. The smallest absolute Gasteiger partial charge is 0.234 e. The van der Waals surface area contributed by atoms with Gasteiger partial charge in [-0.05, 0) is 43.3 Å². The number of ether oxygens (including phenoxy) is 1. The Morgan fingerprint density at radius 2 is 1.94 bits per heavy atom. The fourth-order valence-electron chi connectivity index (χ4n) is 3.82. The SMILES string of the molecule is Cc1ncc(CO)c2c1Oc1nc(-c3ccc(F)cc3)nc(SCC(=O)Nc3ccccc3Cl)c1C2. The number of aryl methyl sites for hydroxylation is 1. The monoisotopic (exact) mass is 522 g/mol. The van der Waals surface area contributed by atoms with Crippen molar-refractivity contribution in [3.63, 3.8) is 0 Å². The van der Waals surface area contributed by atoms with Gasteiger partial charge in [0.2, 0.25) is 11.8 Å². The van der Waals surface area contributed by atoms with Crippen molar-refractivity contribution >= 4 is 35.0 Å². The molecule has 0 saturated heterocycles. The van der Waals surface area contributed by atoms with Gasteiger partial charge in [-0.2, -0.15) is 4.98 Å². The average Bonchev–Trinajstić information content (AvgIpc) is 2.88. The molecule has 36 heavy (non-hydrogen) atoms. The average molecular weight is 523 g/mol. The largest absolute Gasteiger partial charge is 0.436 e. The van der Waals surface area contributed by atoms with E-state index in [0.29, 0.717) is 62.0 Å². The van der Waals surface area contributed by atoms with E-state index in [1.807, 2.05) is 6.92 Å². The summed E-state index contributed by atoms with van der Waals surface area (Å²) in [5.74, 6) is 0.668. The number of nitrogens with one attached hydrogen (secondary N) is 1. The van der Waals surface area contributed by atoms with E-state index in [9.17, 15) is 14.3 Å². The van der Waals surface area contributed by atoms with Gasteiger partial charge in [0.1, 0.15) is 10.8 Å². The molecule has 1 aliphatic rings. The summed E-state index contributed by atoms with van der Waals surface area (Å²) in [6.07, 6.45) is 2.03. The number of aliphatic hydroxyl groups excluding tert-OH is 1. The number of pyridine rings is 1. The first-order valence-electron chi connectivity index (χ1n) is 11.0. The molecule has 1 amide bonds. The highest BCUT2D eigenvalue weighted by Crippen LogP contribution is 2.42. The van der Waals surface area contributed by atoms with Crippen LogP contribution in [0, 0.1) is 12.7 Å². The zero-order valence-electron chi connectivity index (χ0n) is 19.1. The molecule has 0 bridgehead atoms. The molecule has 4 aromatic rings. The van der Waals surface area contributed by atoms with Gasteiger partial charge >= 0.3 is 0 Å². The van der Waals surface area contributed by atoms with Crippen molar-refractivity contribution < 1.29 is 19.0 Å². The van der Waals surface area contributed by atoms with Crippen molar-refractivity contribution in [3.8, 4) is 23.0 Å². The van der Waals surface area contributed by atoms with E-state index in [1.54, 1.807) is 42.6 Å². The van der Waals surface area contributed by atoms with Gasteiger partial charge in [0, 0.05) is 29.3 Å². The molecule has 5 rings (SSSR count). The number of fused-ring (bicyclic) bond motifs is 2. The summed E-state index contributed by atoms with van der Waals surface area (Å²) in [6, 6.07) is 12.8. The fourth-order valence-corrected chi connectivity index (χ4v) is 4.83. The van der Waals surface area contributed by atoms with Crippen LogP contribution in [0.4, 0.5) is 10.1 Å². The van der Waals surface area contributed by atoms with E-state index in [2.05, 4.69) is 15.3 Å². The van der Waals surface area contributed by atoms with Gasteiger partial charge in [-0.15, -0.1) is 0 Å². The Kier molecular flexibility index (Phi) is 6.86. The molecule has 0 spiro atoms. The van der Waals surface area contributed by atoms with E-state index < -0.39 is 0 Å². The van der Waals surface area contributed by atoms with Gasteiger partial charge in [0.15, 0.2) is 11.6 Å². The normalized spacial score (nSPS) is 11.9. The van der Waals surface area contributed by atoms with Crippen LogP contribution in [0.1, 0.15) is 22.4 Å². The third-order valence-electron chi connectivity index (χ3n) is 5.65. The molecule has 0 unspecified atom stereocenters. The fraction of sp³-hybridized carbons (Fsp3) is 0.154. The number of hydrogen-bond acceptors (Lipinski definition) is 7. The van der Waals surface area contributed by atoms with Crippen LogP contribution in [-0.2, 0) is 17.8 Å². The number of para-hydroxylation sites is 1. The first kappa shape index (κ1) is 24.2. The van der Waals surface area contributed by atoms with Gasteiger partial charge in [0.05, 0.1) is 34.3 Å². The van der Waals surface area contributed by atoms with Gasteiger partial charge < -0.3 is 15.2 Å². The quantitative estimate of drug-likeness (QED) is 0.222. The highest BCUT2D eigenvalue weighted by molar-refractivity contribution is 8.00. The van der Waals surface area contributed by atoms with E-state index in [0.717, 1.165) is 5.56 Å². The van der Waals surface area contributed by atoms with E-state index in [1.165, 1.54) is 23.9 Å². The summed E-state index contributed by atoms with van der Waals surface area (Å²) in [5.41, 5.74) is 3.95. The Balaban J connectivity index is 1.50. The lowest BCUT2D eigenvalue weighted by Crippen LogP contribution is -2.16. The van der Waals surface area contributed by atoms with Crippen molar-refractivity contribution in [2.24, 2.45) is 0 Å². The summed E-state index contributed by atoms with van der Waals surface area (Å²) < 4.78 is 19.7. The van der Waals surface area contributed by atoms with Crippen molar-refractivity contribution in [3.05, 3.63) is 88.0 Å². The minimum atomic E-state index is -0.369. The summed E-state index contributed by atoms with van der Waals surface area (Å²) in [7, 11) is 0. The van der Waals surface area contributed by atoms with Crippen LogP contribution in [-0.4, -0.2) is 31.7 Å². The molecule has 1 aliphatic heterocycles. The summed E-state index contributed by atoms with van der Waals surface area (Å²) >= 11 is 7.39. The maximum Gasteiger partial charge on any atom is 0.234 e. The van der Waals surface area contributed by atoms with Crippen LogP contribution in [0.25, 0.3) is 11.4 Å². The third-order valence-corrected chi connectivity index (χ3v) is 7.00. The summed E-state index contributed by atoms with van der Waals surface area (Å²) in [5, 5.41) is 13.6. The first-order valence-corrected chi connectivity index (χ1v) is 12.4. The van der Waals surface area contributed by atoms with Crippen LogP contribution in [0.3, 0.4) is 0 Å². The molecule has 2 aromatic carbocycles. The Bertz CT molecular complexity index is 1470. The number of rotatable bonds is 6. The van der Waals surface area contributed by atoms with Crippen LogP contribution in [0.2, 0.25) is 5.02 Å². The second kappa shape index (κ2) is 10.2. The number of halogens is 2. The molecule has 2 aromatic heterocycles. The maximum atomic E-state index is 13.5. The number of anilines is 1. The van der Waals surface area contributed by atoms with Crippen molar-refractivity contribution in [2.45, 2.75) is 25.0 Å². The van der Waals surface area contributed by atoms with Gasteiger partial charge in [-0.25, -0.2) is 9.37 Å². The van der Waals surface area contributed by atoms with Crippen molar-refractivity contribution in [2.75, 3.05) is 11.1 Å². The molecular formula is C26H20ClFN4O3S. The molecule has 0 atom stereocenters. The van der Waals surface area contributed by atoms with E-state index in [4.69, 9.17) is 21.3 Å². The van der Waals surface area contributed by atoms with Crippen LogP contribution < -0.4 is 10.1 Å². The lowest BCUT2D eigenvalue weighted by molar-refractivity contribution is -0.113. The molecule has 0 saturated carbocycles. The highest BCUT2D eigenvalue weighted by Gasteiger charge is 2.28. The lowest BCUT2D eigenvalue weighted by Gasteiger charge is -2.24. The highest BCUT2D eigenvalue weighted by atomic mass is 35.5. The molecule has 0 fully saturated rings. The Labute approximate surface area is 215 Å². The topological polar surface area (TPSA) is 97.2 Å². The summed E-state index contributed by atoms with van der Waals surface area (Å²) in [6.45, 7) is 1.63. The molecule has 0 aliphatic carbocycles. The van der Waals surface area contributed by atoms with Crippen LogP contribution in [0.15, 0.2) is 59.8 Å². The van der Waals surface area contributed by atoms with E-state index >= 15 is 0 Å². The molecule has 10 heteroatoms. The van der Waals surface area contributed by atoms with E-state index in [-0.39, 0.29) is 24.1 Å². The number of aliphatic hydroxyl groups is 1. The maximum absolute atomic E-state index is 13.5. The summed E-state index contributed by atoms with van der Waals surface area (Å²) in [4.78, 5) is 26.3. The van der Waals surface area contributed by atoms with Crippen LogP contribution >= 0.6 is 23.4 Å². The van der Waals surface area contributed by atoms with Crippen molar-refractivity contribution in [1.82, 2.24) is 15.0 Å². The molecule has 0 radical (unpaired) electrons. The second-order valence-corrected chi connectivity index (χ2v) is 9.44. The zero-order valence-corrected chi connectivity index (χ0v) is 20.7. The minimum absolute atomic E-state index is 0.0621. The number of hydrogen-bond donors (Lipinski definition) is 2. The number of carbonyl (C=O) groups excluding carboxylic acids is 1. The molecule has 3 heterocycles. The lowest BCUT2D eigenvalue weighted by atomic mass is 9.99. The predicted octanol–water partition coefficient (Wildman–Crippen LogP) is 5.56. The Morgan fingerprint density at radius 3 is 2.69 bits per heavy atom. The number of amides is 1. The minimum Gasteiger partial charge on any atom is -0.436 e. The number of thioether (sulfide) groups is 1. The van der Waals surface area contributed by atoms with Crippen molar-refractivity contribution in [1.29, 1.82) is 0 Å². The second-order valence-electron chi connectivity index (χ2n) is 8.07. The Morgan fingerprint density at radius 1 is 1.17 bits per heavy atom. The molecule has 7 nitrogen and oxygen atoms in total. The predicted molar refractivity (Wildman–Crippen MR) is 136 cm³/mol. The van der Waals surface area contributed by atoms with Gasteiger partial charge in [-0.1, -0.05) is 35.5 Å². The molecule has 2 N–H and O–H groups in total. The van der Waals surface area contributed by atoms with Crippen LogP contribution in [0.5, 0.6) is 11.6 Å². The molecule has 182 valence electrons. The Hall–Kier alpha value is -3.53. The van der Waals surface area contributed by atoms with Gasteiger partial charge in [0.25, 0.3) is 0 Å². The van der Waals surface area contributed by atoms with Gasteiger partial charge in [-0.3, -0.25) is 9.78 Å². The number of benzene rings is 2. The zero-order chi connectivity index (χ0) is 25.2. The number of carbonyl (C=O) groups is 1. The standard InChI is InChI=1S/C26H20ClFN4O3S/c1-14-23-18(16(12-33)11-29-14)10-19-25(35-23)31-24(15-6-8-17(28)9-7-15)32-26(19)36-13-22(34)30-21-5-3-2-4-20(21)27/h2-9,11,33H,10,12-13H2,1H3,(H,30,34).